The Balaban J connectivity index is 1.82. The van der Waals surface area contributed by atoms with Crippen LogP contribution < -0.4 is 0 Å². The number of rotatable bonds is 3. The Morgan fingerprint density at radius 2 is 1.62 bits per heavy atom. The van der Waals surface area contributed by atoms with Crippen molar-refractivity contribution in [1.82, 2.24) is 14.4 Å². The van der Waals surface area contributed by atoms with E-state index in [2.05, 4.69) is 35.8 Å². The van der Waals surface area contributed by atoms with Crippen LogP contribution in [0.15, 0.2) is 64.9 Å². The van der Waals surface area contributed by atoms with Crippen LogP contribution in [0.3, 0.4) is 0 Å². The number of sulfonamides is 1. The average Bonchev–Trinajstić information content (AvgIpc) is 3.15. The first-order chi connectivity index (χ1) is 13.7. The molecule has 7 heteroatoms. The van der Waals surface area contributed by atoms with E-state index < -0.39 is 16.1 Å². The summed E-state index contributed by atoms with van der Waals surface area (Å²) >= 11 is 0. The molecule has 2 aromatic carbocycles. The fourth-order valence-electron chi connectivity index (χ4n) is 3.42. The van der Waals surface area contributed by atoms with Gasteiger partial charge in [-0.15, -0.1) is 0 Å². The molecule has 1 aliphatic heterocycles. The highest BCUT2D eigenvalue weighted by Gasteiger charge is 2.40. The molecule has 0 amide bonds. The lowest BCUT2D eigenvalue weighted by Crippen LogP contribution is -2.27. The molecule has 1 atom stereocenters. The van der Waals surface area contributed by atoms with Crippen molar-refractivity contribution in [3.8, 4) is 0 Å². The second kappa shape index (κ2) is 6.91. The SMILES string of the molecule is Cc1ccc(S(=O)(=O)N2N=C(C(C)(C)C)C[C@H]2c2ccc3nccnc3c2)cc1. The van der Waals surface area contributed by atoms with Crippen molar-refractivity contribution in [1.29, 1.82) is 0 Å². The van der Waals surface area contributed by atoms with E-state index in [1.165, 1.54) is 4.41 Å². The van der Waals surface area contributed by atoms with E-state index in [1.54, 1.807) is 36.7 Å². The summed E-state index contributed by atoms with van der Waals surface area (Å²) in [5.41, 5.74) is 4.01. The second-order valence-corrected chi connectivity index (χ2v) is 10.2. The first-order valence-corrected chi connectivity index (χ1v) is 11.0. The number of hydrogen-bond acceptors (Lipinski definition) is 5. The summed E-state index contributed by atoms with van der Waals surface area (Å²) < 4.78 is 28.2. The summed E-state index contributed by atoms with van der Waals surface area (Å²) in [5.74, 6) is 0. The molecule has 0 bridgehead atoms. The topological polar surface area (TPSA) is 75.5 Å². The molecule has 150 valence electrons. The van der Waals surface area contributed by atoms with Gasteiger partial charge < -0.3 is 0 Å². The number of fused-ring (bicyclic) bond motifs is 1. The Bertz CT molecular complexity index is 1200. The van der Waals surface area contributed by atoms with Crippen molar-refractivity contribution in [3.63, 3.8) is 0 Å². The minimum absolute atomic E-state index is 0.230. The lowest BCUT2D eigenvalue weighted by atomic mass is 9.86. The number of benzene rings is 2. The summed E-state index contributed by atoms with van der Waals surface area (Å²) in [5, 5.41) is 4.59. The molecular weight excluding hydrogens is 384 g/mol. The van der Waals surface area contributed by atoms with Crippen LogP contribution in [-0.2, 0) is 10.0 Å². The lowest BCUT2D eigenvalue weighted by Gasteiger charge is -2.23. The van der Waals surface area contributed by atoms with Crippen LogP contribution in [0, 0.1) is 12.3 Å². The average molecular weight is 409 g/mol. The molecule has 0 N–H and O–H groups in total. The van der Waals surface area contributed by atoms with Crippen LogP contribution in [0.5, 0.6) is 0 Å². The summed E-state index contributed by atoms with van der Waals surface area (Å²) in [4.78, 5) is 8.92. The van der Waals surface area contributed by atoms with E-state index in [0.717, 1.165) is 27.9 Å². The Kier molecular flexibility index (Phi) is 4.65. The molecule has 3 aromatic rings. The lowest BCUT2D eigenvalue weighted by molar-refractivity contribution is 0.371. The number of hydrogen-bond donors (Lipinski definition) is 0. The molecule has 29 heavy (non-hydrogen) atoms. The number of aromatic nitrogens is 2. The largest absolute Gasteiger partial charge is 0.279 e. The molecule has 0 radical (unpaired) electrons. The van der Waals surface area contributed by atoms with Crippen LogP contribution in [0.25, 0.3) is 11.0 Å². The molecular formula is C22H24N4O2S. The first-order valence-electron chi connectivity index (χ1n) is 9.56. The highest BCUT2D eigenvalue weighted by atomic mass is 32.2. The van der Waals surface area contributed by atoms with Crippen molar-refractivity contribution in [2.24, 2.45) is 10.5 Å². The van der Waals surface area contributed by atoms with Gasteiger partial charge >= 0.3 is 0 Å². The van der Waals surface area contributed by atoms with Gasteiger partial charge in [-0.25, -0.2) is 0 Å². The highest BCUT2D eigenvalue weighted by Crippen LogP contribution is 2.40. The van der Waals surface area contributed by atoms with Gasteiger partial charge in [-0.05, 0) is 36.8 Å². The maximum atomic E-state index is 13.5. The zero-order chi connectivity index (χ0) is 20.8. The zero-order valence-electron chi connectivity index (χ0n) is 17.0. The van der Waals surface area contributed by atoms with Crippen molar-refractivity contribution in [2.45, 2.75) is 45.1 Å². The van der Waals surface area contributed by atoms with Crippen molar-refractivity contribution < 1.29 is 8.42 Å². The Morgan fingerprint density at radius 1 is 0.966 bits per heavy atom. The molecule has 0 unspecified atom stereocenters. The third-order valence-electron chi connectivity index (χ3n) is 5.18. The smallest absolute Gasteiger partial charge is 0.253 e. The van der Waals surface area contributed by atoms with Crippen molar-refractivity contribution in [3.05, 3.63) is 66.0 Å². The highest BCUT2D eigenvalue weighted by molar-refractivity contribution is 7.89. The Morgan fingerprint density at radius 3 is 2.28 bits per heavy atom. The van der Waals surface area contributed by atoms with Crippen LogP contribution in [0.4, 0.5) is 0 Å². The third kappa shape index (κ3) is 3.62. The molecule has 6 nitrogen and oxygen atoms in total. The second-order valence-electron chi connectivity index (χ2n) is 8.41. The molecule has 4 rings (SSSR count). The third-order valence-corrected chi connectivity index (χ3v) is 6.88. The van der Waals surface area contributed by atoms with Gasteiger partial charge in [0, 0.05) is 29.9 Å². The monoisotopic (exact) mass is 408 g/mol. The maximum Gasteiger partial charge on any atom is 0.279 e. The summed E-state index contributed by atoms with van der Waals surface area (Å²) in [6.07, 6.45) is 3.82. The Hall–Kier alpha value is -2.80. The van der Waals surface area contributed by atoms with Gasteiger partial charge in [0.15, 0.2) is 0 Å². The van der Waals surface area contributed by atoms with E-state index in [-0.39, 0.29) is 10.3 Å². The number of hydrazone groups is 1. The quantitative estimate of drug-likeness (QED) is 0.640. The standard InChI is InChI=1S/C22H24N4O2S/c1-15-5-8-17(9-6-15)29(27,28)26-20(14-21(25-26)22(2,3)4)16-7-10-18-19(13-16)24-12-11-23-18/h5-13,20H,14H2,1-4H3/t20-/m0/s1. The Labute approximate surface area is 171 Å². The molecule has 2 heterocycles. The normalized spacial score (nSPS) is 17.6. The van der Waals surface area contributed by atoms with Gasteiger partial charge in [0.2, 0.25) is 0 Å². The fourth-order valence-corrected chi connectivity index (χ4v) is 4.85. The minimum atomic E-state index is -3.79. The minimum Gasteiger partial charge on any atom is -0.253 e. The zero-order valence-corrected chi connectivity index (χ0v) is 17.8. The maximum absolute atomic E-state index is 13.5. The molecule has 0 spiro atoms. The molecule has 0 aliphatic carbocycles. The van der Waals surface area contributed by atoms with E-state index in [9.17, 15) is 8.42 Å². The molecule has 1 aromatic heterocycles. The number of aryl methyl sites for hydroxylation is 1. The van der Waals surface area contributed by atoms with Gasteiger partial charge in [0.05, 0.1) is 22.0 Å². The molecule has 0 saturated heterocycles. The predicted octanol–water partition coefficient (Wildman–Crippen LogP) is 4.48. The van der Waals surface area contributed by atoms with Crippen molar-refractivity contribution >= 4 is 26.8 Å². The van der Waals surface area contributed by atoms with Gasteiger partial charge in [0.25, 0.3) is 10.0 Å². The molecule has 0 fully saturated rings. The first kappa shape index (κ1) is 19.5. The van der Waals surface area contributed by atoms with Crippen LogP contribution >= 0.6 is 0 Å². The van der Waals surface area contributed by atoms with Gasteiger partial charge in [-0.3, -0.25) is 9.97 Å². The predicted molar refractivity (Wildman–Crippen MR) is 114 cm³/mol. The summed E-state index contributed by atoms with van der Waals surface area (Å²) in [6, 6.07) is 12.2. The van der Waals surface area contributed by atoms with Crippen LogP contribution in [-0.4, -0.2) is 28.5 Å². The summed E-state index contributed by atoms with van der Waals surface area (Å²) in [6.45, 7) is 8.09. The van der Waals surface area contributed by atoms with E-state index in [1.807, 2.05) is 25.1 Å². The van der Waals surface area contributed by atoms with Crippen LogP contribution in [0.2, 0.25) is 0 Å². The van der Waals surface area contributed by atoms with E-state index >= 15 is 0 Å². The van der Waals surface area contributed by atoms with E-state index in [0.29, 0.717) is 6.42 Å². The van der Waals surface area contributed by atoms with Gasteiger partial charge in [-0.1, -0.05) is 44.5 Å². The molecule has 0 saturated carbocycles. The van der Waals surface area contributed by atoms with Crippen LogP contribution in [0.1, 0.15) is 44.4 Å². The van der Waals surface area contributed by atoms with Gasteiger partial charge in [-0.2, -0.15) is 17.9 Å². The number of nitrogens with zero attached hydrogens (tertiary/aromatic N) is 4. The van der Waals surface area contributed by atoms with E-state index in [4.69, 9.17) is 0 Å². The van der Waals surface area contributed by atoms with Crippen molar-refractivity contribution in [2.75, 3.05) is 0 Å². The molecule has 1 aliphatic rings. The summed E-state index contributed by atoms with van der Waals surface area (Å²) in [7, 11) is -3.79. The van der Waals surface area contributed by atoms with Gasteiger partial charge in [0.1, 0.15) is 0 Å². The fraction of sp³-hybridized carbons (Fsp3) is 0.318.